The van der Waals surface area contributed by atoms with Crippen LogP contribution in [-0.2, 0) is 21.7 Å². The average Bonchev–Trinajstić information content (AvgIpc) is 3.22. The van der Waals surface area contributed by atoms with Crippen LogP contribution in [0.3, 0.4) is 0 Å². The number of halogens is 1. The molecule has 1 nitrogen and oxygen atoms in total. The SMILES string of the molecule is [2H]c1c([2H])c(-c2ccccc2)c(N(c2ccc(-c3cc(C(C)(C)C)cc(C(C)(C)C)c3)cc2)c2cc(Cl)cc(-c3ccc(C(C)(C)C)cc3C(C)(C)C)c2)c(-c2ccccc2)c1[2H]. The van der Waals surface area contributed by atoms with Gasteiger partial charge in [0.25, 0.3) is 0 Å². The third kappa shape index (κ3) is 9.18. The van der Waals surface area contributed by atoms with Gasteiger partial charge in [-0.25, -0.2) is 0 Å². The van der Waals surface area contributed by atoms with Crippen molar-refractivity contribution >= 4 is 28.7 Å². The van der Waals surface area contributed by atoms with Crippen LogP contribution >= 0.6 is 11.6 Å². The highest BCUT2D eigenvalue weighted by molar-refractivity contribution is 6.31. The van der Waals surface area contributed by atoms with Crippen LogP contribution in [0.5, 0.6) is 0 Å². The predicted octanol–water partition coefficient (Wildman–Crippen LogP) is 17.7. The molecule has 0 heterocycles. The first-order valence-corrected chi connectivity index (χ1v) is 21.6. The van der Waals surface area contributed by atoms with E-state index in [0.717, 1.165) is 44.8 Å². The van der Waals surface area contributed by atoms with Gasteiger partial charge in [0.1, 0.15) is 0 Å². The average molecular weight is 812 g/mol. The molecule has 2 heteroatoms. The van der Waals surface area contributed by atoms with Crippen molar-refractivity contribution in [2.24, 2.45) is 0 Å². The molecule has 0 atom stereocenters. The second-order valence-electron chi connectivity index (χ2n) is 20.3. The van der Waals surface area contributed by atoms with Crippen LogP contribution in [0.2, 0.25) is 5.02 Å². The summed E-state index contributed by atoms with van der Waals surface area (Å²) in [6.45, 7) is 27.1. The molecule has 7 rings (SSSR count). The maximum absolute atomic E-state index is 9.61. The van der Waals surface area contributed by atoms with Gasteiger partial charge < -0.3 is 4.90 Å². The van der Waals surface area contributed by atoms with E-state index in [0.29, 0.717) is 21.8 Å². The van der Waals surface area contributed by atoms with E-state index in [2.05, 4.69) is 155 Å². The fraction of sp³-hybridized carbons (Fsp3) is 0.276. The van der Waals surface area contributed by atoms with Gasteiger partial charge >= 0.3 is 0 Å². The zero-order valence-corrected chi connectivity index (χ0v) is 38.4. The Morgan fingerprint density at radius 1 is 0.400 bits per heavy atom. The van der Waals surface area contributed by atoms with Crippen LogP contribution in [0.4, 0.5) is 17.1 Å². The van der Waals surface area contributed by atoms with Crippen LogP contribution < -0.4 is 4.90 Å². The summed E-state index contributed by atoms with van der Waals surface area (Å²) in [7, 11) is 0. The lowest BCUT2D eigenvalue weighted by Crippen LogP contribution is -2.17. The molecule has 7 aromatic carbocycles. The van der Waals surface area contributed by atoms with Gasteiger partial charge in [0, 0.05) is 27.5 Å². The van der Waals surface area contributed by atoms with E-state index in [-0.39, 0.29) is 39.8 Å². The molecular formula is C58H62ClN. The summed E-state index contributed by atoms with van der Waals surface area (Å²) in [5, 5.41) is 0.564. The summed E-state index contributed by atoms with van der Waals surface area (Å²) in [6, 6.07) is 48.2. The third-order valence-electron chi connectivity index (χ3n) is 11.5. The quantitative estimate of drug-likeness (QED) is 0.155. The molecule has 7 aromatic rings. The molecule has 0 unspecified atom stereocenters. The minimum absolute atomic E-state index is 0.00811. The molecule has 306 valence electrons. The lowest BCUT2D eigenvalue weighted by molar-refractivity contribution is 0.568. The van der Waals surface area contributed by atoms with Gasteiger partial charge in [0.15, 0.2) is 0 Å². The highest BCUT2D eigenvalue weighted by Crippen LogP contribution is 2.49. The minimum atomic E-state index is -0.170. The van der Waals surface area contributed by atoms with Gasteiger partial charge in [-0.15, -0.1) is 0 Å². The molecule has 0 saturated carbocycles. The lowest BCUT2D eigenvalue weighted by Gasteiger charge is -2.32. The fourth-order valence-electron chi connectivity index (χ4n) is 7.86. The van der Waals surface area contributed by atoms with Gasteiger partial charge in [-0.3, -0.25) is 0 Å². The van der Waals surface area contributed by atoms with E-state index >= 15 is 0 Å². The molecule has 60 heavy (non-hydrogen) atoms. The number of rotatable bonds is 7. The van der Waals surface area contributed by atoms with Gasteiger partial charge in [0.2, 0.25) is 0 Å². The Morgan fingerprint density at radius 2 is 0.917 bits per heavy atom. The first-order valence-electron chi connectivity index (χ1n) is 22.7. The molecule has 0 spiro atoms. The number of para-hydroxylation sites is 1. The number of benzene rings is 7. The van der Waals surface area contributed by atoms with Crippen molar-refractivity contribution in [2.75, 3.05) is 4.90 Å². The Labute approximate surface area is 370 Å². The van der Waals surface area contributed by atoms with Crippen molar-refractivity contribution in [1.82, 2.24) is 0 Å². The van der Waals surface area contributed by atoms with Crippen molar-refractivity contribution in [1.29, 1.82) is 0 Å². The van der Waals surface area contributed by atoms with Crippen molar-refractivity contribution in [2.45, 2.75) is 105 Å². The van der Waals surface area contributed by atoms with Crippen LogP contribution in [-0.4, -0.2) is 0 Å². The molecule has 0 N–H and O–H groups in total. The largest absolute Gasteiger partial charge is 0.309 e. The first kappa shape index (κ1) is 38.8. The zero-order valence-electron chi connectivity index (χ0n) is 40.6. The second-order valence-corrected chi connectivity index (χ2v) is 20.8. The predicted molar refractivity (Wildman–Crippen MR) is 263 cm³/mol. The molecule has 0 aliphatic carbocycles. The Morgan fingerprint density at radius 3 is 1.40 bits per heavy atom. The topological polar surface area (TPSA) is 3.24 Å². The number of anilines is 3. The van der Waals surface area contributed by atoms with Crippen LogP contribution in [0.15, 0.2) is 158 Å². The Kier molecular flexibility index (Phi) is 10.5. The van der Waals surface area contributed by atoms with Crippen molar-refractivity contribution < 1.29 is 4.11 Å². The van der Waals surface area contributed by atoms with Gasteiger partial charge in [-0.2, -0.15) is 0 Å². The molecule has 0 amide bonds. The number of hydrogen-bond acceptors (Lipinski definition) is 1. The molecule has 0 fully saturated rings. The highest BCUT2D eigenvalue weighted by atomic mass is 35.5. The summed E-state index contributed by atoms with van der Waals surface area (Å²) in [6.07, 6.45) is 0. The van der Waals surface area contributed by atoms with Gasteiger partial charge in [0.05, 0.1) is 9.80 Å². The molecule has 0 aliphatic heterocycles. The molecular weight excluding hydrogens is 746 g/mol. The lowest BCUT2D eigenvalue weighted by atomic mass is 9.77. The second kappa shape index (κ2) is 16.2. The Balaban J connectivity index is 1.57. The summed E-state index contributed by atoms with van der Waals surface area (Å²) in [4.78, 5) is 2.16. The standard InChI is InChI=1S/C58H62ClN/c1-55(2,3)44-28-31-50(53(37-44)58(10,11)12)43-34-47(59)38-49(35-43)60(54-51(40-20-15-13-16-21-40)24-19-25-52(54)41-22-17-14-18-23-41)48-29-26-39(27-30-48)42-32-45(56(4,5)6)36-46(33-42)57(7,8)9/h13-38H,1-12H3/i19D,24D,25D. The summed E-state index contributed by atoms with van der Waals surface area (Å²) in [5.41, 5.74) is 14.1. The number of hydrogen-bond donors (Lipinski definition) is 0. The van der Waals surface area contributed by atoms with Crippen LogP contribution in [0.25, 0.3) is 44.5 Å². The molecule has 0 aliphatic rings. The van der Waals surface area contributed by atoms with E-state index in [1.807, 2.05) is 72.8 Å². The normalized spacial score (nSPS) is 13.1. The van der Waals surface area contributed by atoms with E-state index in [1.54, 1.807) is 0 Å². The maximum atomic E-state index is 9.61. The summed E-state index contributed by atoms with van der Waals surface area (Å²) < 4.78 is 28.4. The van der Waals surface area contributed by atoms with Crippen molar-refractivity contribution in [3.63, 3.8) is 0 Å². The highest BCUT2D eigenvalue weighted by Gasteiger charge is 2.27. The fourth-order valence-corrected chi connectivity index (χ4v) is 8.09. The van der Waals surface area contributed by atoms with E-state index in [4.69, 9.17) is 11.6 Å². The molecule has 0 saturated heterocycles. The van der Waals surface area contributed by atoms with E-state index in [9.17, 15) is 4.11 Å². The van der Waals surface area contributed by atoms with Gasteiger partial charge in [-0.1, -0.05) is 222 Å². The third-order valence-corrected chi connectivity index (χ3v) is 11.7. The number of nitrogens with zero attached hydrogens (tertiary/aromatic N) is 1. The Hall–Kier alpha value is -5.37. The summed E-state index contributed by atoms with van der Waals surface area (Å²) >= 11 is 7.27. The monoisotopic (exact) mass is 810 g/mol. The van der Waals surface area contributed by atoms with Crippen LogP contribution in [0.1, 0.15) is 109 Å². The van der Waals surface area contributed by atoms with Crippen molar-refractivity contribution in [3.8, 4) is 44.5 Å². The van der Waals surface area contributed by atoms with Crippen molar-refractivity contribution in [3.05, 3.63) is 185 Å². The molecule has 0 aromatic heterocycles. The zero-order chi connectivity index (χ0) is 45.8. The smallest absolute Gasteiger partial charge is 0.0630 e. The maximum Gasteiger partial charge on any atom is 0.0630 e. The minimum Gasteiger partial charge on any atom is -0.309 e. The van der Waals surface area contributed by atoms with Crippen LogP contribution in [0, 0.1) is 0 Å². The Bertz CT molecular complexity index is 2680. The summed E-state index contributed by atoms with van der Waals surface area (Å²) in [5.74, 6) is 0. The first-order chi connectivity index (χ1) is 29.4. The molecule has 0 radical (unpaired) electrons. The van der Waals surface area contributed by atoms with E-state index < -0.39 is 0 Å². The van der Waals surface area contributed by atoms with Gasteiger partial charge in [-0.05, 0) is 108 Å². The van der Waals surface area contributed by atoms with E-state index in [1.165, 1.54) is 22.3 Å². The molecule has 0 bridgehead atoms.